The van der Waals surface area contributed by atoms with Crippen LogP contribution in [0.25, 0.3) is 0 Å². The van der Waals surface area contributed by atoms with Crippen LogP contribution in [0.1, 0.15) is 23.1 Å². The van der Waals surface area contributed by atoms with Crippen LogP contribution in [0.5, 0.6) is 0 Å². The maximum atomic E-state index is 11.1. The van der Waals surface area contributed by atoms with Gasteiger partial charge in [-0.15, -0.1) is 12.4 Å². The molecule has 2 rings (SSSR count). The van der Waals surface area contributed by atoms with Crippen LogP contribution >= 0.6 is 90.7 Å². The molecule has 3 N–H and O–H groups in total. The van der Waals surface area contributed by atoms with E-state index < -0.39 is 0 Å². The van der Waals surface area contributed by atoms with E-state index in [1.165, 1.54) is 18.5 Å². The van der Waals surface area contributed by atoms with Crippen LogP contribution in [0.3, 0.4) is 0 Å². The van der Waals surface area contributed by atoms with Crippen LogP contribution in [0, 0.1) is 0 Å². The third kappa shape index (κ3) is 13.5. The lowest BCUT2D eigenvalue weighted by Crippen LogP contribution is -2.07. The fourth-order valence-corrected chi connectivity index (χ4v) is 3.19. The maximum Gasteiger partial charge on any atom is 0.193 e. The predicted molar refractivity (Wildman–Crippen MR) is 142 cm³/mol. The van der Waals surface area contributed by atoms with Gasteiger partial charge in [0.1, 0.15) is 23.7 Å². The zero-order chi connectivity index (χ0) is 23.8. The second kappa shape index (κ2) is 20.2. The van der Waals surface area contributed by atoms with Crippen LogP contribution in [0.2, 0.25) is 20.1 Å². The number of carbonyl (C=O) groups excluding carboxylic acids is 1. The lowest BCUT2D eigenvalue weighted by Gasteiger charge is -2.04. The zero-order valence-corrected chi connectivity index (χ0v) is 23.7. The van der Waals surface area contributed by atoms with Gasteiger partial charge in [0, 0.05) is 18.9 Å². The van der Waals surface area contributed by atoms with Crippen LogP contribution < -0.4 is 5.73 Å². The Morgan fingerprint density at radius 2 is 1.53 bits per heavy atom. The molecule has 0 aliphatic rings. The van der Waals surface area contributed by atoms with E-state index in [9.17, 15) is 4.79 Å². The van der Waals surface area contributed by atoms with E-state index in [0.717, 1.165) is 0 Å². The highest BCUT2D eigenvalue weighted by Gasteiger charge is 2.11. The number of aliphatic hydroxyl groups excluding tert-OH is 1. The summed E-state index contributed by atoms with van der Waals surface area (Å²) in [6.45, 7) is 2.83. The Bertz CT molecular complexity index is 861. The summed E-state index contributed by atoms with van der Waals surface area (Å²) in [6, 6.07) is 3.11. The number of oxime groups is 1. The van der Waals surface area contributed by atoms with E-state index in [1.807, 2.05) is 6.92 Å². The molecule has 0 saturated heterocycles. The van der Waals surface area contributed by atoms with Crippen LogP contribution in [-0.2, 0) is 4.84 Å². The Morgan fingerprint density at radius 3 is 1.88 bits per heavy atom. The van der Waals surface area contributed by atoms with Crippen molar-refractivity contribution in [3.05, 3.63) is 56.0 Å². The molecule has 0 atom stereocenters. The third-order valence-electron chi connectivity index (χ3n) is 2.83. The minimum Gasteiger partial charge on any atom is -0.396 e. The molecule has 0 saturated carbocycles. The fraction of sp³-hybridized carbons (Fsp3) is 0.333. The molecule has 0 amide bonds. The van der Waals surface area contributed by atoms with Crippen molar-refractivity contribution in [1.82, 2.24) is 9.97 Å². The number of halogens is 7. The van der Waals surface area contributed by atoms with Crippen molar-refractivity contribution < 1.29 is 14.7 Å². The van der Waals surface area contributed by atoms with Crippen molar-refractivity contribution in [2.24, 2.45) is 10.9 Å². The van der Waals surface area contributed by atoms with E-state index in [1.54, 1.807) is 6.07 Å². The van der Waals surface area contributed by atoms with Crippen molar-refractivity contribution in [3.8, 4) is 0 Å². The molecule has 0 spiro atoms. The molecule has 0 aliphatic carbocycles. The molecule has 0 aromatic carbocycles. The molecule has 7 nitrogen and oxygen atoms in total. The average molecular weight is 678 g/mol. The molecule has 2 aromatic rings. The predicted octanol–water partition coefficient (Wildman–Crippen LogP) is 5.85. The van der Waals surface area contributed by atoms with Gasteiger partial charge in [0.15, 0.2) is 5.78 Å². The smallest absolute Gasteiger partial charge is 0.193 e. The van der Waals surface area contributed by atoms with Gasteiger partial charge in [-0.1, -0.05) is 83.4 Å². The number of aromatic nitrogens is 2. The fourth-order valence-electron chi connectivity index (χ4n) is 1.58. The van der Waals surface area contributed by atoms with E-state index in [2.05, 4.69) is 47.0 Å². The van der Waals surface area contributed by atoms with Gasteiger partial charge in [0.05, 0.1) is 37.4 Å². The Morgan fingerprint density at radius 1 is 1.06 bits per heavy atom. The quantitative estimate of drug-likeness (QED) is 0.165. The second-order valence-corrected chi connectivity index (χ2v) is 7.94. The lowest BCUT2D eigenvalue weighted by molar-refractivity contribution is 0.101. The first-order valence-corrected chi connectivity index (χ1v) is 12.3. The largest absolute Gasteiger partial charge is 0.396 e. The van der Waals surface area contributed by atoms with Crippen LogP contribution in [-0.4, -0.2) is 57.0 Å². The summed E-state index contributed by atoms with van der Waals surface area (Å²) < 4.78 is 0. The number of carbonyl (C=O) groups is 1. The first kappa shape index (κ1) is 33.9. The number of alkyl halides is 2. The van der Waals surface area contributed by atoms with Gasteiger partial charge < -0.3 is 15.7 Å². The number of nitrogens with zero attached hydrogens (tertiary/aromatic N) is 3. The lowest BCUT2D eigenvalue weighted by atomic mass is 10.2. The molecule has 0 aliphatic heterocycles. The Kier molecular flexibility index (Phi) is 21.4. The molecular formula is C18H21Br2Cl5N4O3. The summed E-state index contributed by atoms with van der Waals surface area (Å²) in [6.07, 6.45) is 2.91. The SMILES string of the molecule is CCON=C(CBr)c1ncc(Cl)cc1Cl.Cl.NCCO.O=C(CBr)c1ncc(Cl)cc1Cl. The molecule has 14 heteroatoms. The highest BCUT2D eigenvalue weighted by molar-refractivity contribution is 9.09. The number of ketones is 1. The molecule has 32 heavy (non-hydrogen) atoms. The first-order chi connectivity index (χ1) is 14.7. The van der Waals surface area contributed by atoms with Crippen LogP contribution in [0.4, 0.5) is 0 Å². The maximum absolute atomic E-state index is 11.1. The first-order valence-electron chi connectivity index (χ1n) is 8.52. The molecule has 0 bridgehead atoms. The summed E-state index contributed by atoms with van der Waals surface area (Å²) in [4.78, 5) is 24.0. The minimum absolute atomic E-state index is 0. The molecule has 0 radical (unpaired) electrons. The van der Waals surface area contributed by atoms with Crippen LogP contribution in [0.15, 0.2) is 29.7 Å². The average Bonchev–Trinajstić information content (AvgIpc) is 2.75. The van der Waals surface area contributed by atoms with Crippen molar-refractivity contribution in [1.29, 1.82) is 0 Å². The van der Waals surface area contributed by atoms with E-state index in [-0.39, 0.29) is 40.8 Å². The van der Waals surface area contributed by atoms with Gasteiger partial charge in [-0.25, -0.2) is 4.98 Å². The van der Waals surface area contributed by atoms with Gasteiger partial charge in [0.25, 0.3) is 0 Å². The van der Waals surface area contributed by atoms with Gasteiger partial charge in [-0.05, 0) is 19.1 Å². The summed E-state index contributed by atoms with van der Waals surface area (Å²) in [5.41, 5.74) is 6.24. The van der Waals surface area contributed by atoms with E-state index in [4.69, 9.17) is 62.1 Å². The summed E-state index contributed by atoms with van der Waals surface area (Å²) in [7, 11) is 0. The monoisotopic (exact) mass is 674 g/mol. The van der Waals surface area contributed by atoms with Gasteiger partial charge in [0.2, 0.25) is 0 Å². The molecular weight excluding hydrogens is 657 g/mol. The topological polar surface area (TPSA) is 111 Å². The van der Waals surface area contributed by atoms with Gasteiger partial charge >= 0.3 is 0 Å². The standard InChI is InChI=1S/C9H9BrCl2N2O.C7H4BrCl2NO.C2H7NO.ClH/c1-2-15-14-8(4-10)9-7(12)3-6(11)5-13-9;8-2-6(12)7-5(10)1-4(9)3-11-7;3-1-2-4;/h3,5H,2,4H2,1H3;1,3H,2H2;4H,1-3H2;1H. The number of rotatable bonds is 7. The van der Waals surface area contributed by atoms with E-state index >= 15 is 0 Å². The molecule has 0 unspecified atom stereocenters. The number of hydrogen-bond donors (Lipinski definition) is 2. The van der Waals surface area contributed by atoms with Crippen molar-refractivity contribution >= 4 is 102 Å². The zero-order valence-electron chi connectivity index (χ0n) is 16.7. The Labute approximate surface area is 229 Å². The minimum atomic E-state index is -0.156. The molecule has 180 valence electrons. The molecule has 2 heterocycles. The van der Waals surface area contributed by atoms with Crippen molar-refractivity contribution in [2.75, 3.05) is 30.4 Å². The van der Waals surface area contributed by atoms with Crippen molar-refractivity contribution in [3.63, 3.8) is 0 Å². The second-order valence-electron chi connectivity index (χ2n) is 5.13. The normalized spacial score (nSPS) is 10.1. The summed E-state index contributed by atoms with van der Waals surface area (Å²) in [5, 5.41) is 14.0. The van der Waals surface area contributed by atoms with E-state index in [0.29, 0.717) is 45.0 Å². The summed E-state index contributed by atoms with van der Waals surface area (Å²) >= 11 is 29.3. The Balaban J connectivity index is 0. The third-order valence-corrected chi connectivity index (χ3v) is 4.86. The number of pyridine rings is 2. The Hall–Kier alpha value is -0.230. The number of hydrogen-bond acceptors (Lipinski definition) is 7. The highest BCUT2D eigenvalue weighted by Crippen LogP contribution is 2.20. The van der Waals surface area contributed by atoms with Gasteiger partial charge in [-0.2, -0.15) is 0 Å². The molecule has 2 aromatic heterocycles. The highest BCUT2D eigenvalue weighted by atomic mass is 79.9. The number of Topliss-reactive ketones (excluding diaryl/α,β-unsaturated/α-hetero) is 1. The number of aliphatic hydroxyl groups is 1. The number of nitrogens with two attached hydrogens (primary N) is 1. The summed E-state index contributed by atoms with van der Waals surface area (Å²) in [5.74, 6) is -0.156. The van der Waals surface area contributed by atoms with Gasteiger partial charge in [-0.3, -0.25) is 9.78 Å². The molecule has 0 fully saturated rings. The van der Waals surface area contributed by atoms with Crippen molar-refractivity contribution in [2.45, 2.75) is 6.92 Å².